The van der Waals surface area contributed by atoms with Gasteiger partial charge in [-0.1, -0.05) is 19.1 Å². The molecule has 1 aliphatic rings. The molecule has 0 aromatic heterocycles. The van der Waals surface area contributed by atoms with Crippen LogP contribution in [0.25, 0.3) is 0 Å². The van der Waals surface area contributed by atoms with Crippen molar-refractivity contribution in [2.75, 3.05) is 23.4 Å². The highest BCUT2D eigenvalue weighted by atomic mass is 32.2. The lowest BCUT2D eigenvalue weighted by Crippen LogP contribution is -2.09. The molecule has 1 aromatic carbocycles. The number of nitrogens with one attached hydrogen (secondary N) is 1. The zero-order valence-corrected chi connectivity index (χ0v) is 11.6. The Labute approximate surface area is 109 Å². The van der Waals surface area contributed by atoms with E-state index in [1.807, 2.05) is 11.8 Å². The fourth-order valence-corrected chi connectivity index (χ4v) is 3.13. The van der Waals surface area contributed by atoms with Gasteiger partial charge in [-0.2, -0.15) is 11.8 Å². The smallest absolute Gasteiger partial charge is 0.0375 e. The van der Waals surface area contributed by atoms with Crippen LogP contribution in [0.1, 0.15) is 37.3 Å². The lowest BCUT2D eigenvalue weighted by molar-refractivity contribution is 0.686. The maximum atomic E-state index is 3.62. The van der Waals surface area contributed by atoms with Crippen molar-refractivity contribution in [1.29, 1.82) is 0 Å². The molecule has 0 bridgehead atoms. The maximum absolute atomic E-state index is 3.62. The van der Waals surface area contributed by atoms with Crippen LogP contribution < -0.4 is 5.32 Å². The molecule has 0 fully saturated rings. The van der Waals surface area contributed by atoms with E-state index in [-0.39, 0.29) is 0 Å². The van der Waals surface area contributed by atoms with Crippen molar-refractivity contribution in [3.63, 3.8) is 0 Å². The Morgan fingerprint density at radius 3 is 3.00 bits per heavy atom. The summed E-state index contributed by atoms with van der Waals surface area (Å²) < 4.78 is 0. The van der Waals surface area contributed by atoms with Crippen molar-refractivity contribution in [1.82, 2.24) is 0 Å². The topological polar surface area (TPSA) is 12.0 Å². The summed E-state index contributed by atoms with van der Waals surface area (Å²) in [6.07, 6.45) is 6.53. The summed E-state index contributed by atoms with van der Waals surface area (Å²) in [6, 6.07) is 6.75. The van der Waals surface area contributed by atoms with Crippen LogP contribution >= 0.6 is 11.8 Å². The Balaban J connectivity index is 1.87. The van der Waals surface area contributed by atoms with E-state index < -0.39 is 0 Å². The summed E-state index contributed by atoms with van der Waals surface area (Å²) in [5.41, 5.74) is 4.55. The van der Waals surface area contributed by atoms with Crippen molar-refractivity contribution in [2.45, 2.75) is 39.0 Å². The fraction of sp³-hybridized carbons (Fsp3) is 0.600. The van der Waals surface area contributed by atoms with Gasteiger partial charge in [0, 0.05) is 12.2 Å². The van der Waals surface area contributed by atoms with Crippen molar-refractivity contribution in [3.8, 4) is 0 Å². The minimum Gasteiger partial charge on any atom is -0.385 e. The van der Waals surface area contributed by atoms with Gasteiger partial charge in [-0.05, 0) is 60.8 Å². The van der Waals surface area contributed by atoms with Gasteiger partial charge in [-0.3, -0.25) is 0 Å². The second kappa shape index (κ2) is 6.95. The molecule has 0 saturated carbocycles. The fourth-order valence-electron chi connectivity index (χ4n) is 2.49. The molecule has 1 nitrogen and oxygen atoms in total. The van der Waals surface area contributed by atoms with Gasteiger partial charge in [0.1, 0.15) is 0 Å². The monoisotopic (exact) mass is 249 g/mol. The molecule has 0 saturated heterocycles. The van der Waals surface area contributed by atoms with Crippen molar-refractivity contribution >= 4 is 17.4 Å². The zero-order chi connectivity index (χ0) is 11.9. The average molecular weight is 249 g/mol. The molecule has 0 spiro atoms. The zero-order valence-electron chi connectivity index (χ0n) is 10.8. The molecular weight excluding hydrogens is 226 g/mol. The van der Waals surface area contributed by atoms with E-state index in [1.165, 1.54) is 49.3 Å². The Bertz CT molecular complexity index is 349. The van der Waals surface area contributed by atoms with Crippen LogP contribution in [0.2, 0.25) is 0 Å². The van der Waals surface area contributed by atoms with Crippen molar-refractivity contribution in [3.05, 3.63) is 29.3 Å². The molecule has 0 radical (unpaired) electrons. The first-order valence-electron chi connectivity index (χ1n) is 6.84. The average Bonchev–Trinajstić information content (AvgIpc) is 2.39. The second-order valence-electron chi connectivity index (χ2n) is 4.63. The van der Waals surface area contributed by atoms with Gasteiger partial charge >= 0.3 is 0 Å². The molecule has 0 amide bonds. The minimum absolute atomic E-state index is 1.11. The summed E-state index contributed by atoms with van der Waals surface area (Å²) in [6.45, 7) is 3.34. The van der Waals surface area contributed by atoms with E-state index in [4.69, 9.17) is 0 Å². The molecule has 0 aliphatic heterocycles. The third kappa shape index (κ3) is 3.67. The van der Waals surface area contributed by atoms with E-state index >= 15 is 0 Å². The van der Waals surface area contributed by atoms with Crippen LogP contribution in [0.5, 0.6) is 0 Å². The van der Waals surface area contributed by atoms with Gasteiger partial charge < -0.3 is 5.32 Å². The standard InChI is InChI=1S/C15H23NS/c1-2-17-12-6-11-16-15-10-5-8-13-7-3-4-9-14(13)15/h5,8,10,16H,2-4,6-7,9,11-12H2,1H3. The van der Waals surface area contributed by atoms with Crippen molar-refractivity contribution in [2.24, 2.45) is 0 Å². The minimum atomic E-state index is 1.11. The first-order chi connectivity index (χ1) is 8.42. The van der Waals surface area contributed by atoms with Gasteiger partial charge in [0.25, 0.3) is 0 Å². The normalized spacial score (nSPS) is 14.4. The molecule has 1 N–H and O–H groups in total. The number of hydrogen-bond donors (Lipinski definition) is 1. The Morgan fingerprint density at radius 2 is 2.12 bits per heavy atom. The molecule has 2 heteroatoms. The number of benzene rings is 1. The molecular formula is C15H23NS. The van der Waals surface area contributed by atoms with Crippen LogP contribution in [-0.4, -0.2) is 18.1 Å². The number of hydrogen-bond acceptors (Lipinski definition) is 2. The van der Waals surface area contributed by atoms with E-state index in [9.17, 15) is 0 Å². The lowest BCUT2D eigenvalue weighted by Gasteiger charge is -2.20. The van der Waals surface area contributed by atoms with E-state index in [0.29, 0.717) is 0 Å². The molecule has 94 valence electrons. The van der Waals surface area contributed by atoms with Crippen LogP contribution in [-0.2, 0) is 12.8 Å². The Kier molecular flexibility index (Phi) is 5.24. The van der Waals surface area contributed by atoms with Crippen LogP contribution in [0.15, 0.2) is 18.2 Å². The van der Waals surface area contributed by atoms with Crippen molar-refractivity contribution < 1.29 is 0 Å². The molecule has 0 atom stereocenters. The first kappa shape index (κ1) is 12.8. The largest absolute Gasteiger partial charge is 0.385 e. The quantitative estimate of drug-likeness (QED) is 0.761. The van der Waals surface area contributed by atoms with Crippen LogP contribution in [0, 0.1) is 0 Å². The molecule has 0 unspecified atom stereocenters. The highest BCUT2D eigenvalue weighted by Crippen LogP contribution is 2.27. The first-order valence-corrected chi connectivity index (χ1v) is 7.99. The number of rotatable bonds is 6. The highest BCUT2D eigenvalue weighted by Gasteiger charge is 2.11. The van der Waals surface area contributed by atoms with E-state index in [1.54, 1.807) is 11.1 Å². The highest BCUT2D eigenvalue weighted by molar-refractivity contribution is 7.99. The Hall–Kier alpha value is -0.630. The molecule has 1 aromatic rings. The summed E-state index contributed by atoms with van der Waals surface area (Å²) in [4.78, 5) is 0. The molecule has 2 rings (SSSR count). The Morgan fingerprint density at radius 1 is 1.24 bits per heavy atom. The maximum Gasteiger partial charge on any atom is 0.0375 e. The second-order valence-corrected chi connectivity index (χ2v) is 6.02. The van der Waals surface area contributed by atoms with E-state index in [2.05, 4.69) is 30.4 Å². The molecule has 0 heterocycles. The molecule has 1 aliphatic carbocycles. The lowest BCUT2D eigenvalue weighted by atomic mass is 9.90. The summed E-state index contributed by atoms with van der Waals surface area (Å²) in [5.74, 6) is 2.51. The number of anilines is 1. The van der Waals surface area contributed by atoms with Gasteiger partial charge in [0.05, 0.1) is 0 Å². The predicted octanol–water partition coefficient (Wildman–Crippen LogP) is 4.12. The summed E-state index contributed by atoms with van der Waals surface area (Å²) in [5, 5.41) is 3.62. The third-order valence-electron chi connectivity index (χ3n) is 3.38. The SMILES string of the molecule is CCSCCCNc1cccc2c1CCCC2. The summed E-state index contributed by atoms with van der Waals surface area (Å²) in [7, 11) is 0. The van der Waals surface area contributed by atoms with Gasteiger partial charge in [0.2, 0.25) is 0 Å². The predicted molar refractivity (Wildman–Crippen MR) is 79.2 cm³/mol. The van der Waals surface area contributed by atoms with Gasteiger partial charge in [0.15, 0.2) is 0 Å². The van der Waals surface area contributed by atoms with E-state index in [0.717, 1.165) is 6.54 Å². The summed E-state index contributed by atoms with van der Waals surface area (Å²) >= 11 is 2.03. The van der Waals surface area contributed by atoms with Gasteiger partial charge in [-0.25, -0.2) is 0 Å². The third-order valence-corrected chi connectivity index (χ3v) is 4.37. The number of thioether (sulfide) groups is 1. The van der Waals surface area contributed by atoms with Gasteiger partial charge in [-0.15, -0.1) is 0 Å². The molecule has 17 heavy (non-hydrogen) atoms. The van der Waals surface area contributed by atoms with Crippen LogP contribution in [0.4, 0.5) is 5.69 Å². The number of aryl methyl sites for hydroxylation is 1. The number of fused-ring (bicyclic) bond motifs is 1. The van der Waals surface area contributed by atoms with Crippen LogP contribution in [0.3, 0.4) is 0 Å².